The number of thioether (sulfide) groups is 1. The summed E-state index contributed by atoms with van der Waals surface area (Å²) in [6.07, 6.45) is 10.1. The standard InChI is InChI=1S/C28H37N3OS/c1-33-27-14-8-7-13-26(27)30-19-17-29(18-20-30)21-24-16-15-22-9-5-6-12-25(22)31(24)28(32)23-10-3-2-4-11-23/h5-9,12-14,23-24H,2-4,10-11,15-21H2,1H3. The summed E-state index contributed by atoms with van der Waals surface area (Å²) in [7, 11) is 0. The van der Waals surface area contributed by atoms with Gasteiger partial charge in [0.15, 0.2) is 0 Å². The molecule has 33 heavy (non-hydrogen) atoms. The third-order valence-electron chi connectivity index (χ3n) is 7.82. The van der Waals surface area contributed by atoms with Crippen LogP contribution in [0.25, 0.3) is 0 Å². The number of nitrogens with zero attached hydrogens (tertiary/aromatic N) is 3. The molecule has 5 heteroatoms. The fourth-order valence-electron chi connectivity index (χ4n) is 5.98. The highest BCUT2D eigenvalue weighted by atomic mass is 32.2. The highest BCUT2D eigenvalue weighted by Crippen LogP contribution is 2.35. The van der Waals surface area contributed by atoms with Crippen LogP contribution in [0.15, 0.2) is 53.4 Å². The molecule has 2 fully saturated rings. The van der Waals surface area contributed by atoms with Gasteiger partial charge in [0.05, 0.1) is 5.69 Å². The van der Waals surface area contributed by atoms with E-state index < -0.39 is 0 Å². The van der Waals surface area contributed by atoms with Gasteiger partial charge in [-0.15, -0.1) is 11.8 Å². The average Bonchev–Trinajstić information content (AvgIpc) is 2.89. The molecule has 2 aromatic carbocycles. The minimum Gasteiger partial charge on any atom is -0.368 e. The molecule has 5 rings (SSSR count). The van der Waals surface area contributed by atoms with Crippen LogP contribution in [0.3, 0.4) is 0 Å². The van der Waals surface area contributed by atoms with Gasteiger partial charge in [0.25, 0.3) is 0 Å². The number of amides is 1. The zero-order valence-electron chi connectivity index (χ0n) is 19.9. The number of carbonyl (C=O) groups is 1. The second-order valence-electron chi connectivity index (χ2n) is 9.82. The first-order chi connectivity index (χ1) is 16.2. The van der Waals surface area contributed by atoms with E-state index in [2.05, 4.69) is 69.5 Å². The van der Waals surface area contributed by atoms with E-state index in [0.717, 1.165) is 58.4 Å². The van der Waals surface area contributed by atoms with Crippen LogP contribution in [0.4, 0.5) is 11.4 Å². The molecule has 4 nitrogen and oxygen atoms in total. The van der Waals surface area contributed by atoms with Gasteiger partial charge in [0, 0.05) is 55.3 Å². The van der Waals surface area contributed by atoms with E-state index in [1.807, 2.05) is 11.8 Å². The Morgan fingerprint density at radius 3 is 2.33 bits per heavy atom. The molecule has 2 aromatic rings. The molecule has 1 saturated carbocycles. The van der Waals surface area contributed by atoms with Crippen molar-refractivity contribution < 1.29 is 4.79 Å². The maximum absolute atomic E-state index is 13.8. The summed E-state index contributed by atoms with van der Waals surface area (Å²) in [5.74, 6) is 0.603. The lowest BCUT2D eigenvalue weighted by Gasteiger charge is -2.44. The van der Waals surface area contributed by atoms with Crippen LogP contribution >= 0.6 is 11.8 Å². The fourth-order valence-corrected chi connectivity index (χ4v) is 6.60. The molecule has 1 unspecified atom stereocenters. The number of fused-ring (bicyclic) bond motifs is 1. The summed E-state index contributed by atoms with van der Waals surface area (Å²) in [6, 6.07) is 17.7. The second-order valence-corrected chi connectivity index (χ2v) is 10.7. The van der Waals surface area contributed by atoms with E-state index in [0.29, 0.717) is 11.9 Å². The summed E-state index contributed by atoms with van der Waals surface area (Å²) in [6.45, 7) is 5.22. The first-order valence-electron chi connectivity index (χ1n) is 12.8. The van der Waals surface area contributed by atoms with Gasteiger partial charge in [-0.1, -0.05) is 49.6 Å². The fraction of sp³-hybridized carbons (Fsp3) is 0.536. The highest BCUT2D eigenvalue weighted by molar-refractivity contribution is 7.98. The third kappa shape index (κ3) is 4.95. The van der Waals surface area contributed by atoms with Crippen molar-refractivity contribution in [1.82, 2.24) is 4.90 Å². The van der Waals surface area contributed by atoms with Gasteiger partial charge >= 0.3 is 0 Å². The maximum atomic E-state index is 13.8. The predicted molar refractivity (Wildman–Crippen MR) is 139 cm³/mol. The molecule has 2 heterocycles. The number of benzene rings is 2. The summed E-state index contributed by atoms with van der Waals surface area (Å²) in [5, 5.41) is 0. The van der Waals surface area contributed by atoms with Crippen molar-refractivity contribution in [1.29, 1.82) is 0 Å². The minimum atomic E-state index is 0.215. The molecule has 3 aliphatic rings. The molecule has 2 aliphatic heterocycles. The number of para-hydroxylation sites is 2. The molecule has 0 spiro atoms. The van der Waals surface area contributed by atoms with Gasteiger partial charge in [-0.3, -0.25) is 9.69 Å². The number of hydrogen-bond donors (Lipinski definition) is 0. The Labute approximate surface area is 203 Å². The summed E-state index contributed by atoms with van der Waals surface area (Å²) < 4.78 is 0. The van der Waals surface area contributed by atoms with Crippen molar-refractivity contribution in [2.75, 3.05) is 48.8 Å². The molecule has 0 N–H and O–H groups in total. The quantitative estimate of drug-likeness (QED) is 0.550. The lowest BCUT2D eigenvalue weighted by atomic mass is 9.86. The number of rotatable bonds is 5. The van der Waals surface area contributed by atoms with E-state index in [4.69, 9.17) is 0 Å². The van der Waals surface area contributed by atoms with Crippen LogP contribution in [-0.2, 0) is 11.2 Å². The maximum Gasteiger partial charge on any atom is 0.230 e. The molecule has 1 atom stereocenters. The molecule has 0 radical (unpaired) electrons. The van der Waals surface area contributed by atoms with Gasteiger partial charge in [0.2, 0.25) is 5.91 Å². The average molecular weight is 464 g/mol. The van der Waals surface area contributed by atoms with Crippen LogP contribution in [0, 0.1) is 5.92 Å². The Balaban J connectivity index is 1.28. The van der Waals surface area contributed by atoms with Crippen molar-refractivity contribution >= 4 is 29.0 Å². The van der Waals surface area contributed by atoms with Crippen molar-refractivity contribution in [3.8, 4) is 0 Å². The Kier molecular flexibility index (Phi) is 7.27. The summed E-state index contributed by atoms with van der Waals surface area (Å²) >= 11 is 1.83. The first kappa shape index (κ1) is 22.8. The zero-order chi connectivity index (χ0) is 22.6. The Hall–Kier alpha value is -1.98. The monoisotopic (exact) mass is 463 g/mol. The number of anilines is 2. The van der Waals surface area contributed by atoms with Gasteiger partial charge < -0.3 is 9.80 Å². The molecular weight excluding hydrogens is 426 g/mol. The van der Waals surface area contributed by atoms with E-state index in [-0.39, 0.29) is 5.92 Å². The lowest BCUT2D eigenvalue weighted by Crippen LogP contribution is -2.55. The molecule has 0 bridgehead atoms. The number of piperazine rings is 1. The summed E-state index contributed by atoms with van der Waals surface area (Å²) in [4.78, 5) is 22.5. The Morgan fingerprint density at radius 1 is 0.879 bits per heavy atom. The van der Waals surface area contributed by atoms with Crippen molar-refractivity contribution in [3.05, 3.63) is 54.1 Å². The van der Waals surface area contributed by atoms with Crippen LogP contribution in [-0.4, -0.2) is 55.8 Å². The van der Waals surface area contributed by atoms with E-state index in [1.54, 1.807) is 0 Å². The SMILES string of the molecule is CSc1ccccc1N1CCN(CC2CCc3ccccc3N2C(=O)C2CCCCC2)CC1. The van der Waals surface area contributed by atoms with Gasteiger partial charge in [-0.05, 0) is 55.7 Å². The second kappa shape index (κ2) is 10.5. The zero-order valence-corrected chi connectivity index (χ0v) is 20.7. The minimum absolute atomic E-state index is 0.215. The normalized spacial score (nSPS) is 22.3. The molecule has 1 aliphatic carbocycles. The van der Waals surface area contributed by atoms with E-state index in [1.165, 1.54) is 41.1 Å². The van der Waals surface area contributed by atoms with Crippen LogP contribution in [0.1, 0.15) is 44.1 Å². The number of aryl methyl sites for hydroxylation is 1. The molecule has 0 aromatic heterocycles. The molecule has 176 valence electrons. The smallest absolute Gasteiger partial charge is 0.230 e. The van der Waals surface area contributed by atoms with Gasteiger partial charge in [-0.25, -0.2) is 0 Å². The van der Waals surface area contributed by atoms with Gasteiger partial charge in [-0.2, -0.15) is 0 Å². The van der Waals surface area contributed by atoms with Crippen LogP contribution < -0.4 is 9.80 Å². The van der Waals surface area contributed by atoms with Gasteiger partial charge in [0.1, 0.15) is 0 Å². The highest BCUT2D eigenvalue weighted by Gasteiger charge is 2.36. The predicted octanol–water partition coefficient (Wildman–Crippen LogP) is 5.46. The number of hydrogen-bond acceptors (Lipinski definition) is 4. The van der Waals surface area contributed by atoms with Crippen molar-refractivity contribution in [2.45, 2.75) is 55.9 Å². The Bertz CT molecular complexity index is 950. The van der Waals surface area contributed by atoms with Crippen LogP contribution in [0.2, 0.25) is 0 Å². The summed E-state index contributed by atoms with van der Waals surface area (Å²) in [5.41, 5.74) is 3.89. The molecule has 1 saturated heterocycles. The topological polar surface area (TPSA) is 26.8 Å². The largest absolute Gasteiger partial charge is 0.368 e. The number of carbonyl (C=O) groups excluding carboxylic acids is 1. The first-order valence-corrected chi connectivity index (χ1v) is 14.0. The van der Waals surface area contributed by atoms with Crippen LogP contribution in [0.5, 0.6) is 0 Å². The van der Waals surface area contributed by atoms with E-state index >= 15 is 0 Å². The van der Waals surface area contributed by atoms with Crippen molar-refractivity contribution in [3.63, 3.8) is 0 Å². The Morgan fingerprint density at radius 2 is 1.58 bits per heavy atom. The van der Waals surface area contributed by atoms with E-state index in [9.17, 15) is 4.79 Å². The molecule has 1 amide bonds. The molecular formula is C28H37N3OS. The third-order valence-corrected chi connectivity index (χ3v) is 8.61. The van der Waals surface area contributed by atoms with Crippen molar-refractivity contribution in [2.24, 2.45) is 5.92 Å². The lowest BCUT2D eigenvalue weighted by molar-refractivity contribution is -0.124.